The SMILES string of the molecule is O=C(OC[C@H]1OC(Cl)[C@H](O)[C@@H]1OC(=O)c1ccccc1)c1ccccc1. The lowest BCUT2D eigenvalue weighted by atomic mass is 10.1. The van der Waals surface area contributed by atoms with Crippen molar-refractivity contribution >= 4 is 23.5 Å². The lowest BCUT2D eigenvalue weighted by Gasteiger charge is -2.20. The number of hydrogen-bond acceptors (Lipinski definition) is 6. The topological polar surface area (TPSA) is 82.1 Å². The number of ether oxygens (including phenoxy) is 3. The minimum absolute atomic E-state index is 0.208. The fourth-order valence-electron chi connectivity index (χ4n) is 2.55. The molecule has 1 N–H and O–H groups in total. The van der Waals surface area contributed by atoms with Crippen LogP contribution in [0.2, 0.25) is 0 Å². The van der Waals surface area contributed by atoms with Crippen LogP contribution >= 0.6 is 11.6 Å². The molecule has 26 heavy (non-hydrogen) atoms. The van der Waals surface area contributed by atoms with Gasteiger partial charge in [-0.1, -0.05) is 48.0 Å². The number of rotatable bonds is 5. The normalized spacial score (nSPS) is 24.8. The Morgan fingerprint density at radius 2 is 1.50 bits per heavy atom. The Morgan fingerprint density at radius 1 is 0.962 bits per heavy atom. The van der Waals surface area contributed by atoms with Crippen LogP contribution in [0.15, 0.2) is 60.7 Å². The van der Waals surface area contributed by atoms with Crippen LogP contribution in [0.1, 0.15) is 20.7 Å². The maximum atomic E-state index is 12.2. The summed E-state index contributed by atoms with van der Waals surface area (Å²) < 4.78 is 15.9. The van der Waals surface area contributed by atoms with Crippen molar-refractivity contribution in [1.29, 1.82) is 0 Å². The van der Waals surface area contributed by atoms with E-state index in [4.69, 9.17) is 25.8 Å². The second-order valence-electron chi connectivity index (χ2n) is 5.72. The van der Waals surface area contributed by atoms with Gasteiger partial charge in [0.2, 0.25) is 0 Å². The first-order chi connectivity index (χ1) is 12.6. The van der Waals surface area contributed by atoms with Crippen molar-refractivity contribution in [3.63, 3.8) is 0 Å². The molecular formula is C19H17ClO6. The van der Waals surface area contributed by atoms with Crippen LogP contribution in [-0.4, -0.2) is 47.5 Å². The highest BCUT2D eigenvalue weighted by atomic mass is 35.5. The monoisotopic (exact) mass is 376 g/mol. The van der Waals surface area contributed by atoms with Crippen molar-refractivity contribution in [3.8, 4) is 0 Å². The van der Waals surface area contributed by atoms with Crippen LogP contribution in [0.25, 0.3) is 0 Å². The molecule has 6 nitrogen and oxygen atoms in total. The van der Waals surface area contributed by atoms with E-state index in [1.165, 1.54) is 0 Å². The van der Waals surface area contributed by atoms with E-state index in [1.807, 2.05) is 0 Å². The first-order valence-electron chi connectivity index (χ1n) is 8.02. The second kappa shape index (κ2) is 8.31. The first-order valence-corrected chi connectivity index (χ1v) is 8.45. The summed E-state index contributed by atoms with van der Waals surface area (Å²) in [5.41, 5.74) is -0.354. The summed E-state index contributed by atoms with van der Waals surface area (Å²) in [5, 5.41) is 10.1. The number of aliphatic hydroxyl groups is 1. The first kappa shape index (κ1) is 18.4. The molecule has 2 aromatic rings. The van der Waals surface area contributed by atoms with Gasteiger partial charge >= 0.3 is 11.9 Å². The van der Waals surface area contributed by atoms with Gasteiger partial charge in [-0.2, -0.15) is 0 Å². The molecule has 1 heterocycles. The number of alkyl halides is 1. The van der Waals surface area contributed by atoms with E-state index in [0.717, 1.165) is 0 Å². The predicted molar refractivity (Wildman–Crippen MR) is 92.9 cm³/mol. The molecule has 0 radical (unpaired) electrons. The number of carbonyl (C=O) groups is 2. The third kappa shape index (κ3) is 4.22. The van der Waals surface area contributed by atoms with E-state index in [2.05, 4.69) is 0 Å². The molecule has 0 amide bonds. The quantitative estimate of drug-likeness (QED) is 0.637. The standard InChI is InChI=1S/C19H17ClO6/c20-17-15(21)16(26-19(23)13-9-5-2-6-10-13)14(25-17)11-24-18(22)12-7-3-1-4-8-12/h1-10,14-17,21H,11H2/t14-,15-,16-,17?/m1/s1. The van der Waals surface area contributed by atoms with E-state index in [9.17, 15) is 14.7 Å². The van der Waals surface area contributed by atoms with Gasteiger partial charge < -0.3 is 19.3 Å². The second-order valence-corrected chi connectivity index (χ2v) is 6.15. The average molecular weight is 377 g/mol. The number of carbonyl (C=O) groups excluding carboxylic acids is 2. The summed E-state index contributed by atoms with van der Waals surface area (Å²) in [4.78, 5) is 24.3. The van der Waals surface area contributed by atoms with E-state index < -0.39 is 35.8 Å². The third-order valence-corrected chi connectivity index (χ3v) is 4.28. The number of halogens is 1. The molecule has 7 heteroatoms. The van der Waals surface area contributed by atoms with Gasteiger partial charge in [0.05, 0.1) is 11.1 Å². The minimum Gasteiger partial charge on any atom is -0.459 e. The van der Waals surface area contributed by atoms with Gasteiger partial charge in [-0.3, -0.25) is 0 Å². The van der Waals surface area contributed by atoms with Gasteiger partial charge in [0.1, 0.15) is 18.8 Å². The zero-order valence-electron chi connectivity index (χ0n) is 13.7. The molecule has 2 aromatic carbocycles. The number of hydrogen-bond donors (Lipinski definition) is 1. The van der Waals surface area contributed by atoms with E-state index in [0.29, 0.717) is 11.1 Å². The van der Waals surface area contributed by atoms with Crippen molar-refractivity contribution in [3.05, 3.63) is 71.8 Å². The maximum absolute atomic E-state index is 12.2. The zero-order valence-corrected chi connectivity index (χ0v) is 14.4. The van der Waals surface area contributed by atoms with E-state index in [1.54, 1.807) is 60.7 Å². The highest BCUT2D eigenvalue weighted by Gasteiger charge is 2.46. The van der Waals surface area contributed by atoms with Crippen LogP contribution in [-0.2, 0) is 14.2 Å². The number of benzene rings is 2. The third-order valence-electron chi connectivity index (χ3n) is 3.92. The highest BCUT2D eigenvalue weighted by molar-refractivity contribution is 6.20. The van der Waals surface area contributed by atoms with Crippen molar-refractivity contribution < 1.29 is 28.9 Å². The summed E-state index contributed by atoms with van der Waals surface area (Å²) in [6.45, 7) is -0.208. The lowest BCUT2D eigenvalue weighted by Crippen LogP contribution is -2.38. The predicted octanol–water partition coefficient (Wildman–Crippen LogP) is 2.39. The van der Waals surface area contributed by atoms with Crippen LogP contribution in [0, 0.1) is 0 Å². The highest BCUT2D eigenvalue weighted by Crippen LogP contribution is 2.27. The molecule has 1 aliphatic rings. The molecule has 0 aromatic heterocycles. The molecule has 1 aliphatic heterocycles. The van der Waals surface area contributed by atoms with Gasteiger partial charge in [0.15, 0.2) is 11.7 Å². The molecule has 1 fully saturated rings. The molecule has 0 aliphatic carbocycles. The Hall–Kier alpha value is -2.41. The fraction of sp³-hybridized carbons (Fsp3) is 0.263. The van der Waals surface area contributed by atoms with Gasteiger partial charge in [-0.15, -0.1) is 0 Å². The van der Waals surface area contributed by atoms with Crippen LogP contribution < -0.4 is 0 Å². The van der Waals surface area contributed by atoms with Crippen LogP contribution in [0.4, 0.5) is 0 Å². The summed E-state index contributed by atoms with van der Waals surface area (Å²) in [6.07, 6.45) is -3.15. The summed E-state index contributed by atoms with van der Waals surface area (Å²) in [6, 6.07) is 16.8. The number of esters is 2. The van der Waals surface area contributed by atoms with E-state index in [-0.39, 0.29) is 6.61 Å². The molecule has 0 saturated carbocycles. The summed E-state index contributed by atoms with van der Waals surface area (Å²) in [7, 11) is 0. The molecule has 0 spiro atoms. The van der Waals surface area contributed by atoms with Gasteiger partial charge in [-0.05, 0) is 24.3 Å². The van der Waals surface area contributed by atoms with Gasteiger partial charge in [-0.25, -0.2) is 9.59 Å². The fourth-order valence-corrected chi connectivity index (χ4v) is 2.83. The van der Waals surface area contributed by atoms with Crippen molar-refractivity contribution in [1.82, 2.24) is 0 Å². The Kier molecular flexibility index (Phi) is 5.88. The lowest BCUT2D eigenvalue weighted by molar-refractivity contribution is -0.0392. The van der Waals surface area contributed by atoms with Crippen LogP contribution in [0.3, 0.4) is 0 Å². The number of aliphatic hydroxyl groups excluding tert-OH is 1. The molecule has 0 bridgehead atoms. The summed E-state index contributed by atoms with van der Waals surface area (Å²) in [5.74, 6) is -1.17. The molecule has 3 rings (SSSR count). The molecule has 1 unspecified atom stereocenters. The Bertz CT molecular complexity index is 751. The molecule has 136 valence electrons. The smallest absolute Gasteiger partial charge is 0.338 e. The summed E-state index contributed by atoms with van der Waals surface area (Å²) >= 11 is 5.91. The molecule has 1 saturated heterocycles. The maximum Gasteiger partial charge on any atom is 0.338 e. The van der Waals surface area contributed by atoms with Crippen LogP contribution in [0.5, 0.6) is 0 Å². The molecular weight excluding hydrogens is 360 g/mol. The average Bonchev–Trinajstić information content (AvgIpc) is 2.95. The minimum atomic E-state index is -1.23. The Morgan fingerprint density at radius 3 is 2.08 bits per heavy atom. The Balaban J connectivity index is 1.63. The van der Waals surface area contributed by atoms with Crippen molar-refractivity contribution in [2.24, 2.45) is 0 Å². The largest absolute Gasteiger partial charge is 0.459 e. The zero-order chi connectivity index (χ0) is 18.5. The van der Waals surface area contributed by atoms with Gasteiger partial charge in [0, 0.05) is 0 Å². The van der Waals surface area contributed by atoms with E-state index >= 15 is 0 Å². The Labute approximate surface area is 155 Å². The molecule has 4 atom stereocenters. The van der Waals surface area contributed by atoms with Crippen molar-refractivity contribution in [2.75, 3.05) is 6.61 Å². The van der Waals surface area contributed by atoms with Gasteiger partial charge in [0.25, 0.3) is 0 Å². The van der Waals surface area contributed by atoms with Crippen molar-refractivity contribution in [2.45, 2.75) is 23.9 Å².